The van der Waals surface area contributed by atoms with Gasteiger partial charge in [-0.1, -0.05) is 24.3 Å². The van der Waals surface area contributed by atoms with E-state index in [9.17, 15) is 4.79 Å². The quantitative estimate of drug-likeness (QED) is 0.907. The molecule has 1 heterocycles. The van der Waals surface area contributed by atoms with E-state index in [0.29, 0.717) is 6.54 Å². The molecule has 0 spiro atoms. The van der Waals surface area contributed by atoms with Crippen LogP contribution in [-0.4, -0.2) is 29.4 Å². The van der Waals surface area contributed by atoms with Crippen molar-refractivity contribution in [3.05, 3.63) is 59.9 Å². The van der Waals surface area contributed by atoms with Crippen molar-refractivity contribution in [1.82, 2.24) is 9.88 Å². The minimum Gasteiger partial charge on any atom is -0.324 e. The standard InChI is InChI=1S/C16H19N3O/c1-13-6-3-4-7-14(13)11-19(2)12-16(20)18-15-8-5-9-17-10-15/h3-10H,11-12H2,1-2H3,(H,18,20). The second kappa shape index (κ2) is 6.82. The number of nitrogens with one attached hydrogen (secondary N) is 1. The number of amides is 1. The number of hydrogen-bond donors (Lipinski definition) is 1. The first-order chi connectivity index (χ1) is 9.65. The molecule has 0 fully saturated rings. The second-order valence-corrected chi connectivity index (χ2v) is 4.89. The highest BCUT2D eigenvalue weighted by molar-refractivity contribution is 5.91. The van der Waals surface area contributed by atoms with Crippen LogP contribution in [0.3, 0.4) is 0 Å². The summed E-state index contributed by atoms with van der Waals surface area (Å²) in [6.45, 7) is 3.19. The molecule has 20 heavy (non-hydrogen) atoms. The largest absolute Gasteiger partial charge is 0.324 e. The molecule has 2 aromatic rings. The van der Waals surface area contributed by atoms with Crippen LogP contribution in [0.25, 0.3) is 0 Å². The average molecular weight is 269 g/mol. The van der Waals surface area contributed by atoms with E-state index < -0.39 is 0 Å². The van der Waals surface area contributed by atoms with E-state index >= 15 is 0 Å². The van der Waals surface area contributed by atoms with Gasteiger partial charge in [-0.15, -0.1) is 0 Å². The zero-order valence-electron chi connectivity index (χ0n) is 11.8. The highest BCUT2D eigenvalue weighted by atomic mass is 16.2. The van der Waals surface area contributed by atoms with Gasteiger partial charge in [0.1, 0.15) is 0 Å². The van der Waals surface area contributed by atoms with Crippen LogP contribution in [0.4, 0.5) is 5.69 Å². The van der Waals surface area contributed by atoms with Crippen molar-refractivity contribution in [2.45, 2.75) is 13.5 Å². The Labute approximate surface area is 119 Å². The number of carbonyl (C=O) groups is 1. The zero-order valence-corrected chi connectivity index (χ0v) is 11.8. The molecular weight excluding hydrogens is 250 g/mol. The molecule has 104 valence electrons. The predicted molar refractivity (Wildman–Crippen MR) is 80.4 cm³/mol. The lowest BCUT2D eigenvalue weighted by molar-refractivity contribution is -0.117. The van der Waals surface area contributed by atoms with Crippen molar-refractivity contribution in [3.63, 3.8) is 0 Å². The maximum atomic E-state index is 11.9. The van der Waals surface area contributed by atoms with Crippen molar-refractivity contribution in [2.75, 3.05) is 18.9 Å². The molecule has 1 aromatic carbocycles. The molecule has 4 heteroatoms. The maximum Gasteiger partial charge on any atom is 0.238 e. The summed E-state index contributed by atoms with van der Waals surface area (Å²) in [5, 5.41) is 2.83. The molecule has 1 N–H and O–H groups in total. The van der Waals surface area contributed by atoms with Crippen LogP contribution in [0.2, 0.25) is 0 Å². The summed E-state index contributed by atoms with van der Waals surface area (Å²) < 4.78 is 0. The van der Waals surface area contributed by atoms with Gasteiger partial charge < -0.3 is 5.32 Å². The molecule has 2 rings (SSSR count). The lowest BCUT2D eigenvalue weighted by Crippen LogP contribution is -2.30. The van der Waals surface area contributed by atoms with Gasteiger partial charge in [-0.2, -0.15) is 0 Å². The number of anilines is 1. The van der Waals surface area contributed by atoms with E-state index in [-0.39, 0.29) is 5.91 Å². The van der Waals surface area contributed by atoms with Crippen molar-refractivity contribution in [2.24, 2.45) is 0 Å². The van der Waals surface area contributed by atoms with Gasteiger partial charge in [0.15, 0.2) is 0 Å². The average Bonchev–Trinajstić information content (AvgIpc) is 2.42. The first kappa shape index (κ1) is 14.2. The number of likely N-dealkylation sites (N-methyl/N-ethyl adjacent to an activating group) is 1. The van der Waals surface area contributed by atoms with Gasteiger partial charge in [-0.25, -0.2) is 0 Å². The van der Waals surface area contributed by atoms with E-state index in [1.165, 1.54) is 11.1 Å². The Morgan fingerprint density at radius 3 is 2.75 bits per heavy atom. The Morgan fingerprint density at radius 1 is 1.25 bits per heavy atom. The summed E-state index contributed by atoms with van der Waals surface area (Å²) in [5.74, 6) is -0.0333. The number of hydrogen-bond acceptors (Lipinski definition) is 3. The van der Waals surface area contributed by atoms with Crippen LogP contribution >= 0.6 is 0 Å². The van der Waals surface area contributed by atoms with Gasteiger partial charge in [-0.05, 0) is 37.2 Å². The zero-order chi connectivity index (χ0) is 14.4. The second-order valence-electron chi connectivity index (χ2n) is 4.89. The third-order valence-electron chi connectivity index (χ3n) is 3.06. The summed E-state index contributed by atoms with van der Waals surface area (Å²) in [5.41, 5.74) is 3.21. The number of pyridine rings is 1. The molecule has 0 saturated heterocycles. The minimum atomic E-state index is -0.0333. The molecule has 0 saturated carbocycles. The van der Waals surface area contributed by atoms with Crippen molar-refractivity contribution in [1.29, 1.82) is 0 Å². The Morgan fingerprint density at radius 2 is 2.05 bits per heavy atom. The van der Waals surface area contributed by atoms with Gasteiger partial charge in [0, 0.05) is 12.7 Å². The Bertz CT molecular complexity index is 569. The van der Waals surface area contributed by atoms with E-state index in [1.807, 2.05) is 30.1 Å². The fourth-order valence-corrected chi connectivity index (χ4v) is 2.02. The molecule has 0 aliphatic heterocycles. The van der Waals surface area contributed by atoms with Gasteiger partial charge in [0.05, 0.1) is 18.4 Å². The maximum absolute atomic E-state index is 11.9. The summed E-state index contributed by atoms with van der Waals surface area (Å²) in [6.07, 6.45) is 3.32. The van der Waals surface area contributed by atoms with Gasteiger partial charge in [0.2, 0.25) is 5.91 Å². The van der Waals surface area contributed by atoms with Crippen LogP contribution in [-0.2, 0) is 11.3 Å². The minimum absolute atomic E-state index is 0.0333. The molecule has 1 amide bonds. The van der Waals surface area contributed by atoms with Crippen molar-refractivity contribution < 1.29 is 4.79 Å². The van der Waals surface area contributed by atoms with Crippen LogP contribution < -0.4 is 5.32 Å². The molecular formula is C16H19N3O. The first-order valence-corrected chi connectivity index (χ1v) is 6.58. The smallest absolute Gasteiger partial charge is 0.238 e. The highest BCUT2D eigenvalue weighted by Crippen LogP contribution is 2.09. The number of carbonyl (C=O) groups excluding carboxylic acids is 1. The van der Waals surface area contributed by atoms with Gasteiger partial charge in [-0.3, -0.25) is 14.7 Å². The van der Waals surface area contributed by atoms with Crippen LogP contribution in [0.1, 0.15) is 11.1 Å². The predicted octanol–water partition coefficient (Wildman–Crippen LogP) is 2.46. The summed E-state index contributed by atoms with van der Waals surface area (Å²) in [6, 6.07) is 11.8. The third-order valence-corrected chi connectivity index (χ3v) is 3.06. The molecule has 0 radical (unpaired) electrons. The summed E-state index contributed by atoms with van der Waals surface area (Å²) >= 11 is 0. The summed E-state index contributed by atoms with van der Waals surface area (Å²) in [4.78, 5) is 17.9. The van der Waals surface area contributed by atoms with Crippen molar-refractivity contribution in [3.8, 4) is 0 Å². The lowest BCUT2D eigenvalue weighted by Gasteiger charge is -2.17. The van der Waals surface area contributed by atoms with Crippen LogP contribution in [0.5, 0.6) is 0 Å². The van der Waals surface area contributed by atoms with Crippen LogP contribution in [0.15, 0.2) is 48.8 Å². The van der Waals surface area contributed by atoms with E-state index in [1.54, 1.807) is 18.5 Å². The molecule has 0 aliphatic carbocycles. The number of aromatic nitrogens is 1. The molecule has 0 atom stereocenters. The fourth-order valence-electron chi connectivity index (χ4n) is 2.02. The normalized spacial score (nSPS) is 10.6. The Kier molecular flexibility index (Phi) is 4.85. The number of rotatable bonds is 5. The van der Waals surface area contributed by atoms with Crippen LogP contribution in [0, 0.1) is 6.92 Å². The monoisotopic (exact) mass is 269 g/mol. The third kappa shape index (κ3) is 4.17. The van der Waals surface area contributed by atoms with E-state index in [2.05, 4.69) is 29.4 Å². The number of aryl methyl sites for hydroxylation is 1. The molecule has 0 bridgehead atoms. The SMILES string of the molecule is Cc1ccccc1CN(C)CC(=O)Nc1cccnc1. The molecule has 4 nitrogen and oxygen atoms in total. The molecule has 0 aliphatic rings. The van der Waals surface area contributed by atoms with Crippen molar-refractivity contribution >= 4 is 11.6 Å². The molecule has 0 unspecified atom stereocenters. The summed E-state index contributed by atoms with van der Waals surface area (Å²) in [7, 11) is 1.94. The van der Waals surface area contributed by atoms with Gasteiger partial charge >= 0.3 is 0 Å². The first-order valence-electron chi connectivity index (χ1n) is 6.58. The Balaban J connectivity index is 1.87. The van der Waals surface area contributed by atoms with Gasteiger partial charge in [0.25, 0.3) is 0 Å². The molecule has 1 aromatic heterocycles. The van der Waals surface area contributed by atoms with E-state index in [4.69, 9.17) is 0 Å². The fraction of sp³-hybridized carbons (Fsp3) is 0.250. The number of nitrogens with zero attached hydrogens (tertiary/aromatic N) is 2. The lowest BCUT2D eigenvalue weighted by atomic mass is 10.1. The topological polar surface area (TPSA) is 45.2 Å². The van der Waals surface area contributed by atoms with E-state index in [0.717, 1.165) is 12.2 Å². The highest BCUT2D eigenvalue weighted by Gasteiger charge is 2.08. The number of benzene rings is 1. The Hall–Kier alpha value is -2.20.